The van der Waals surface area contributed by atoms with Gasteiger partial charge in [-0.25, -0.2) is 19.4 Å². The molecule has 0 bridgehead atoms. The lowest BCUT2D eigenvalue weighted by Gasteiger charge is -2.34. The number of halogens is 1. The number of rotatable bonds is 3. The number of nitrogens with zero attached hydrogens (tertiary/aromatic N) is 5. The molecule has 0 radical (unpaired) electrons. The van der Waals surface area contributed by atoms with E-state index in [4.69, 9.17) is 4.99 Å². The van der Waals surface area contributed by atoms with Crippen LogP contribution in [-0.4, -0.2) is 39.9 Å². The standard InChI is InChI=1S/C22H17FN6OS2/c23-16-9-25-20(26-10-16)29-11-15-12-31-21(27-19(30)14-4-2-1-3-5-14)28-22(15,13-29)18-7-6-17(8-24)32-18/h1-7,9-10,15H,11-13H2,(H,27,28,30). The quantitative estimate of drug-likeness (QED) is 0.638. The third-order valence-electron chi connectivity index (χ3n) is 5.56. The molecule has 1 aromatic carbocycles. The van der Waals surface area contributed by atoms with Crippen LogP contribution in [0.15, 0.2) is 59.9 Å². The summed E-state index contributed by atoms with van der Waals surface area (Å²) >= 11 is 2.90. The van der Waals surface area contributed by atoms with Crippen molar-refractivity contribution in [3.05, 3.63) is 76.0 Å². The molecule has 2 unspecified atom stereocenters. The van der Waals surface area contributed by atoms with E-state index in [9.17, 15) is 14.4 Å². The van der Waals surface area contributed by atoms with Crippen LogP contribution in [0.2, 0.25) is 0 Å². The van der Waals surface area contributed by atoms with Crippen molar-refractivity contribution in [2.45, 2.75) is 5.54 Å². The van der Waals surface area contributed by atoms with Gasteiger partial charge in [0.05, 0.1) is 18.9 Å². The number of aliphatic imine (C=N–C) groups is 1. The van der Waals surface area contributed by atoms with E-state index >= 15 is 0 Å². The van der Waals surface area contributed by atoms with E-state index in [1.165, 1.54) is 23.1 Å². The molecule has 10 heteroatoms. The van der Waals surface area contributed by atoms with Gasteiger partial charge in [0.2, 0.25) is 5.95 Å². The van der Waals surface area contributed by atoms with Crippen molar-refractivity contribution >= 4 is 40.1 Å². The Hall–Kier alpha value is -3.29. The largest absolute Gasteiger partial charge is 0.338 e. The van der Waals surface area contributed by atoms with Gasteiger partial charge in [0, 0.05) is 28.7 Å². The zero-order valence-corrected chi connectivity index (χ0v) is 18.4. The van der Waals surface area contributed by atoms with E-state index in [1.807, 2.05) is 29.2 Å². The molecular weight excluding hydrogens is 447 g/mol. The fraction of sp³-hybridized carbons (Fsp3) is 0.227. The molecule has 3 aromatic rings. The number of nitriles is 1. The van der Waals surface area contributed by atoms with Crippen molar-refractivity contribution in [1.82, 2.24) is 15.3 Å². The van der Waals surface area contributed by atoms with Crippen molar-refractivity contribution < 1.29 is 9.18 Å². The molecule has 0 spiro atoms. The summed E-state index contributed by atoms with van der Waals surface area (Å²) in [5.41, 5.74) is -0.0927. The Bertz CT molecular complexity index is 1220. The van der Waals surface area contributed by atoms with E-state index in [-0.39, 0.29) is 11.8 Å². The first-order valence-electron chi connectivity index (χ1n) is 9.89. The van der Waals surface area contributed by atoms with E-state index < -0.39 is 11.4 Å². The normalized spacial score (nSPS) is 22.1. The molecule has 0 aliphatic carbocycles. The molecule has 4 heterocycles. The van der Waals surface area contributed by atoms with Crippen LogP contribution in [0.3, 0.4) is 0 Å². The maximum atomic E-state index is 13.3. The number of carbonyl (C=O) groups is 1. The summed E-state index contributed by atoms with van der Waals surface area (Å²) in [6.45, 7) is 1.11. The lowest BCUT2D eigenvalue weighted by atomic mass is 9.87. The summed E-state index contributed by atoms with van der Waals surface area (Å²) in [5, 5.41) is 12.8. The van der Waals surface area contributed by atoms with Gasteiger partial charge in [0.15, 0.2) is 11.0 Å². The molecule has 2 aliphatic heterocycles. The van der Waals surface area contributed by atoms with E-state index in [0.717, 1.165) is 23.0 Å². The highest BCUT2D eigenvalue weighted by Gasteiger charge is 2.52. The second-order valence-corrected chi connectivity index (χ2v) is 9.62. The molecule has 0 saturated carbocycles. The van der Waals surface area contributed by atoms with Crippen LogP contribution in [0.4, 0.5) is 10.3 Å². The molecule has 1 fully saturated rings. The van der Waals surface area contributed by atoms with Crippen LogP contribution in [0.1, 0.15) is 20.1 Å². The van der Waals surface area contributed by atoms with Gasteiger partial charge in [-0.3, -0.25) is 4.79 Å². The molecule has 1 amide bonds. The molecule has 2 aliphatic rings. The highest BCUT2D eigenvalue weighted by molar-refractivity contribution is 8.13. The first-order valence-corrected chi connectivity index (χ1v) is 11.7. The average molecular weight is 465 g/mol. The Morgan fingerprint density at radius 2 is 2.00 bits per heavy atom. The Balaban J connectivity index is 1.50. The predicted molar refractivity (Wildman–Crippen MR) is 122 cm³/mol. The summed E-state index contributed by atoms with van der Waals surface area (Å²) in [4.78, 5) is 29.6. The zero-order chi connectivity index (χ0) is 22.1. The molecule has 2 atom stereocenters. The number of thiophene rings is 1. The Morgan fingerprint density at radius 3 is 2.72 bits per heavy atom. The van der Waals surface area contributed by atoms with Crippen molar-refractivity contribution in [3.8, 4) is 6.07 Å². The molecule has 5 rings (SSSR count). The molecule has 7 nitrogen and oxygen atoms in total. The minimum atomic E-state index is -0.651. The van der Waals surface area contributed by atoms with Gasteiger partial charge in [-0.05, 0) is 24.3 Å². The lowest BCUT2D eigenvalue weighted by Crippen LogP contribution is -2.42. The summed E-state index contributed by atoms with van der Waals surface area (Å²) in [6.07, 6.45) is 2.30. The number of aromatic nitrogens is 2. The zero-order valence-electron chi connectivity index (χ0n) is 16.7. The summed E-state index contributed by atoms with van der Waals surface area (Å²) in [5.74, 6) is 0.573. The van der Waals surface area contributed by atoms with Crippen LogP contribution in [0.5, 0.6) is 0 Å². The highest BCUT2D eigenvalue weighted by atomic mass is 32.2. The number of amidine groups is 1. The van der Waals surface area contributed by atoms with Crippen molar-refractivity contribution in [2.75, 3.05) is 23.7 Å². The minimum Gasteiger partial charge on any atom is -0.338 e. The molecular formula is C22H17FN6OS2. The van der Waals surface area contributed by atoms with Gasteiger partial charge >= 0.3 is 0 Å². The molecule has 160 valence electrons. The summed E-state index contributed by atoms with van der Waals surface area (Å²) < 4.78 is 13.3. The van der Waals surface area contributed by atoms with Crippen molar-refractivity contribution in [3.63, 3.8) is 0 Å². The van der Waals surface area contributed by atoms with Gasteiger partial charge in [-0.1, -0.05) is 30.0 Å². The Morgan fingerprint density at radius 1 is 1.22 bits per heavy atom. The molecule has 1 saturated heterocycles. The molecule has 2 aromatic heterocycles. The number of carbonyl (C=O) groups excluding carboxylic acids is 1. The SMILES string of the molecule is N#Cc1ccc(C23CN(c4ncc(F)cn4)CC2CSC(NC(=O)c2ccccc2)=N3)s1. The summed E-state index contributed by atoms with van der Waals surface area (Å²) in [7, 11) is 0. The summed E-state index contributed by atoms with van der Waals surface area (Å²) in [6, 6.07) is 14.9. The van der Waals surface area contributed by atoms with E-state index in [2.05, 4.69) is 21.4 Å². The van der Waals surface area contributed by atoms with Crippen LogP contribution < -0.4 is 10.2 Å². The predicted octanol–water partition coefficient (Wildman–Crippen LogP) is 3.41. The fourth-order valence-electron chi connectivity index (χ4n) is 4.02. The van der Waals surface area contributed by atoms with Crippen LogP contribution in [0.25, 0.3) is 0 Å². The highest BCUT2D eigenvalue weighted by Crippen LogP contribution is 2.48. The number of hydrogen-bond donors (Lipinski definition) is 1. The first-order chi connectivity index (χ1) is 15.6. The van der Waals surface area contributed by atoms with Gasteiger partial charge in [-0.15, -0.1) is 11.3 Å². The second kappa shape index (κ2) is 8.33. The number of amides is 1. The monoisotopic (exact) mass is 464 g/mol. The van der Waals surface area contributed by atoms with Crippen molar-refractivity contribution in [1.29, 1.82) is 5.26 Å². The molecule has 32 heavy (non-hydrogen) atoms. The van der Waals surface area contributed by atoms with E-state index in [1.54, 1.807) is 18.2 Å². The first kappa shape index (κ1) is 20.6. The Kier molecular flexibility index (Phi) is 5.36. The number of benzene rings is 1. The van der Waals surface area contributed by atoms with Gasteiger partial charge < -0.3 is 10.2 Å². The topological polar surface area (TPSA) is 94.3 Å². The van der Waals surface area contributed by atoms with Gasteiger partial charge in [-0.2, -0.15) is 5.26 Å². The molecule has 1 N–H and O–H groups in total. The fourth-order valence-corrected chi connectivity index (χ4v) is 6.16. The Labute approximate surface area is 192 Å². The lowest BCUT2D eigenvalue weighted by molar-refractivity contribution is 0.0977. The van der Waals surface area contributed by atoms with Gasteiger partial charge in [0.25, 0.3) is 5.91 Å². The number of fused-ring (bicyclic) bond motifs is 1. The third kappa shape index (κ3) is 3.74. The maximum Gasteiger partial charge on any atom is 0.257 e. The number of thioether (sulfide) groups is 1. The van der Waals surface area contributed by atoms with Crippen LogP contribution in [-0.2, 0) is 5.54 Å². The number of anilines is 1. The van der Waals surface area contributed by atoms with E-state index in [0.29, 0.717) is 34.6 Å². The smallest absolute Gasteiger partial charge is 0.257 e. The number of hydrogen-bond acceptors (Lipinski definition) is 8. The van der Waals surface area contributed by atoms with Gasteiger partial charge in [0.1, 0.15) is 16.5 Å². The number of nitrogens with one attached hydrogen (secondary N) is 1. The average Bonchev–Trinajstić information content (AvgIpc) is 3.45. The maximum absolute atomic E-state index is 13.3. The van der Waals surface area contributed by atoms with Crippen LogP contribution in [0, 0.1) is 23.1 Å². The van der Waals surface area contributed by atoms with Crippen molar-refractivity contribution in [2.24, 2.45) is 10.9 Å². The third-order valence-corrected chi connectivity index (χ3v) is 7.75. The minimum absolute atomic E-state index is 0.115. The van der Waals surface area contributed by atoms with Crippen LogP contribution >= 0.6 is 23.1 Å². The second-order valence-electron chi connectivity index (χ2n) is 7.53.